The summed E-state index contributed by atoms with van der Waals surface area (Å²) in [5, 5.41) is 9.42. The van der Waals surface area contributed by atoms with Crippen molar-refractivity contribution in [1.29, 1.82) is 0 Å². The number of nitrogens with zero attached hydrogens (tertiary/aromatic N) is 1. The van der Waals surface area contributed by atoms with Gasteiger partial charge in [0.2, 0.25) is 0 Å². The Bertz CT molecular complexity index is 712. The number of ether oxygens (including phenoxy) is 1. The highest BCUT2D eigenvalue weighted by Crippen LogP contribution is 2.37. The molecule has 1 aliphatic heterocycles. The third-order valence-corrected chi connectivity index (χ3v) is 5.66. The van der Waals surface area contributed by atoms with Crippen LogP contribution < -0.4 is 4.74 Å². The maximum atomic E-state index is 11.5. The summed E-state index contributed by atoms with van der Waals surface area (Å²) in [6.07, 6.45) is 1.68. The predicted molar refractivity (Wildman–Crippen MR) is 95.8 cm³/mol. The zero-order valence-electron chi connectivity index (χ0n) is 14.1. The molecule has 2 atom stereocenters. The Labute approximate surface area is 146 Å². The molecular formula is C19H23NO3S. The van der Waals surface area contributed by atoms with E-state index in [0.29, 0.717) is 6.54 Å². The molecule has 1 N–H and O–H groups in total. The number of thiophene rings is 1. The number of carbonyl (C=O) groups is 1. The fourth-order valence-corrected chi connectivity index (χ4v) is 4.45. The van der Waals surface area contributed by atoms with Crippen molar-refractivity contribution >= 4 is 17.3 Å². The summed E-state index contributed by atoms with van der Waals surface area (Å²) < 4.78 is 5.38. The zero-order chi connectivity index (χ0) is 17.1. The monoisotopic (exact) mass is 345 g/mol. The van der Waals surface area contributed by atoms with Crippen LogP contribution in [0, 0.1) is 12.8 Å². The average Bonchev–Trinajstić information content (AvgIpc) is 3.01. The number of carboxylic acid groups (broad SMARTS) is 1. The standard InChI is InChI=1S/C19H23NO3S/c1-13-8-9-17(24-13)18(14-5-3-7-16(11-14)23-2)20-10-4-6-15(12-20)19(21)22/h3,5,7-9,11,15,18H,4,6,10,12H2,1-2H3,(H,21,22). The van der Waals surface area contributed by atoms with Crippen molar-refractivity contribution in [2.24, 2.45) is 5.92 Å². The minimum Gasteiger partial charge on any atom is -0.497 e. The molecular weight excluding hydrogens is 322 g/mol. The lowest BCUT2D eigenvalue weighted by molar-refractivity contribution is -0.143. The van der Waals surface area contributed by atoms with Gasteiger partial charge in [0.25, 0.3) is 0 Å². The van der Waals surface area contributed by atoms with Crippen LogP contribution in [-0.4, -0.2) is 36.2 Å². The van der Waals surface area contributed by atoms with E-state index in [1.165, 1.54) is 9.75 Å². The Balaban J connectivity index is 1.97. The summed E-state index contributed by atoms with van der Waals surface area (Å²) in [7, 11) is 1.67. The molecule has 0 bridgehead atoms. The summed E-state index contributed by atoms with van der Waals surface area (Å²) in [5.41, 5.74) is 1.15. The molecule has 0 aliphatic carbocycles. The smallest absolute Gasteiger partial charge is 0.307 e. The lowest BCUT2D eigenvalue weighted by Crippen LogP contribution is -2.41. The Kier molecular flexibility index (Phi) is 5.21. The minimum absolute atomic E-state index is 0.0842. The van der Waals surface area contributed by atoms with Crippen LogP contribution in [0.5, 0.6) is 5.75 Å². The largest absolute Gasteiger partial charge is 0.497 e. The molecule has 2 heterocycles. The first-order chi connectivity index (χ1) is 11.6. The molecule has 1 aromatic carbocycles. The number of benzene rings is 1. The molecule has 5 heteroatoms. The summed E-state index contributed by atoms with van der Waals surface area (Å²) >= 11 is 1.78. The van der Waals surface area contributed by atoms with Gasteiger partial charge in [-0.25, -0.2) is 0 Å². The maximum absolute atomic E-state index is 11.5. The SMILES string of the molecule is COc1cccc(C(c2ccc(C)s2)N2CCCC(C(=O)O)C2)c1. The van der Waals surface area contributed by atoms with Crippen LogP contribution in [0.4, 0.5) is 0 Å². The molecule has 0 amide bonds. The molecule has 1 fully saturated rings. The molecule has 24 heavy (non-hydrogen) atoms. The Morgan fingerprint density at radius 2 is 2.21 bits per heavy atom. The van der Waals surface area contributed by atoms with E-state index in [9.17, 15) is 9.90 Å². The zero-order valence-corrected chi connectivity index (χ0v) is 14.9. The van der Waals surface area contributed by atoms with Gasteiger partial charge in [-0.2, -0.15) is 0 Å². The molecule has 128 valence electrons. The molecule has 2 aromatic rings. The summed E-state index contributed by atoms with van der Waals surface area (Å²) in [5.74, 6) is -0.142. The van der Waals surface area contributed by atoms with Crippen molar-refractivity contribution in [3.8, 4) is 5.75 Å². The van der Waals surface area contributed by atoms with Crippen molar-refractivity contribution < 1.29 is 14.6 Å². The topological polar surface area (TPSA) is 49.8 Å². The van der Waals surface area contributed by atoms with Gasteiger partial charge in [-0.3, -0.25) is 9.69 Å². The first-order valence-corrected chi connectivity index (χ1v) is 9.07. The average molecular weight is 345 g/mol. The van der Waals surface area contributed by atoms with E-state index < -0.39 is 5.97 Å². The molecule has 3 rings (SSSR count). The van der Waals surface area contributed by atoms with Crippen molar-refractivity contribution in [3.63, 3.8) is 0 Å². The number of hydrogen-bond donors (Lipinski definition) is 1. The van der Waals surface area contributed by atoms with Gasteiger partial charge in [-0.15, -0.1) is 11.3 Å². The van der Waals surface area contributed by atoms with Gasteiger partial charge in [0.1, 0.15) is 5.75 Å². The highest BCUT2D eigenvalue weighted by Gasteiger charge is 2.32. The van der Waals surface area contributed by atoms with Crippen LogP contribution in [0.1, 0.15) is 34.2 Å². The van der Waals surface area contributed by atoms with Crippen LogP contribution in [-0.2, 0) is 4.79 Å². The van der Waals surface area contributed by atoms with Gasteiger partial charge in [0, 0.05) is 16.3 Å². The molecule has 1 aliphatic rings. The van der Waals surface area contributed by atoms with Crippen LogP contribution in [0.25, 0.3) is 0 Å². The van der Waals surface area contributed by atoms with Gasteiger partial charge < -0.3 is 9.84 Å². The van der Waals surface area contributed by atoms with Crippen LogP contribution in [0.3, 0.4) is 0 Å². The maximum Gasteiger partial charge on any atom is 0.307 e. The molecule has 1 aromatic heterocycles. The number of aryl methyl sites for hydroxylation is 1. The van der Waals surface area contributed by atoms with E-state index in [-0.39, 0.29) is 12.0 Å². The van der Waals surface area contributed by atoms with Gasteiger partial charge in [-0.05, 0) is 56.1 Å². The first kappa shape index (κ1) is 17.0. The van der Waals surface area contributed by atoms with Gasteiger partial charge in [-0.1, -0.05) is 12.1 Å². The van der Waals surface area contributed by atoms with E-state index in [4.69, 9.17) is 4.74 Å². The number of hydrogen-bond acceptors (Lipinski definition) is 4. The van der Waals surface area contributed by atoms with E-state index >= 15 is 0 Å². The molecule has 2 unspecified atom stereocenters. The molecule has 4 nitrogen and oxygen atoms in total. The van der Waals surface area contributed by atoms with Crippen molar-refractivity contribution in [2.45, 2.75) is 25.8 Å². The summed E-state index contributed by atoms with van der Waals surface area (Å²) in [4.78, 5) is 16.3. The predicted octanol–water partition coefficient (Wildman–Crippen LogP) is 3.95. The summed E-state index contributed by atoms with van der Waals surface area (Å²) in [6, 6.07) is 12.5. The number of aliphatic carboxylic acids is 1. The second-order valence-corrected chi connectivity index (χ2v) is 7.62. The van der Waals surface area contributed by atoms with Gasteiger partial charge >= 0.3 is 5.97 Å². The summed E-state index contributed by atoms with van der Waals surface area (Å²) in [6.45, 7) is 3.61. The fourth-order valence-electron chi connectivity index (χ4n) is 3.41. The molecule has 0 radical (unpaired) electrons. The first-order valence-electron chi connectivity index (χ1n) is 8.25. The lowest BCUT2D eigenvalue weighted by Gasteiger charge is -2.37. The van der Waals surface area contributed by atoms with Crippen molar-refractivity contribution in [1.82, 2.24) is 4.90 Å². The van der Waals surface area contributed by atoms with Crippen LogP contribution in [0.2, 0.25) is 0 Å². The van der Waals surface area contributed by atoms with Crippen LogP contribution >= 0.6 is 11.3 Å². The van der Waals surface area contributed by atoms with E-state index in [1.54, 1.807) is 18.4 Å². The fraction of sp³-hybridized carbons (Fsp3) is 0.421. The van der Waals surface area contributed by atoms with Crippen molar-refractivity contribution in [2.75, 3.05) is 20.2 Å². The third kappa shape index (κ3) is 3.62. The quantitative estimate of drug-likeness (QED) is 0.891. The number of piperidine rings is 1. The molecule has 1 saturated heterocycles. The van der Waals surface area contributed by atoms with Gasteiger partial charge in [0.15, 0.2) is 0 Å². The van der Waals surface area contributed by atoms with E-state index in [2.05, 4.69) is 36.1 Å². The Hall–Kier alpha value is -1.85. The van der Waals surface area contributed by atoms with E-state index in [0.717, 1.165) is 30.7 Å². The number of methoxy groups -OCH3 is 1. The number of carboxylic acids is 1. The van der Waals surface area contributed by atoms with E-state index in [1.807, 2.05) is 12.1 Å². The number of likely N-dealkylation sites (tertiary alicyclic amines) is 1. The number of rotatable bonds is 5. The van der Waals surface area contributed by atoms with Gasteiger partial charge in [0.05, 0.1) is 19.1 Å². The normalized spacial score (nSPS) is 19.8. The van der Waals surface area contributed by atoms with Crippen molar-refractivity contribution in [3.05, 3.63) is 51.7 Å². The lowest BCUT2D eigenvalue weighted by atomic mass is 9.94. The third-order valence-electron chi connectivity index (χ3n) is 4.61. The highest BCUT2D eigenvalue weighted by atomic mass is 32.1. The second kappa shape index (κ2) is 7.36. The minimum atomic E-state index is -0.688. The van der Waals surface area contributed by atoms with Crippen LogP contribution in [0.15, 0.2) is 36.4 Å². The second-order valence-electron chi connectivity index (χ2n) is 6.30. The molecule has 0 spiro atoms. The highest BCUT2D eigenvalue weighted by molar-refractivity contribution is 7.12. The molecule has 0 saturated carbocycles. The Morgan fingerprint density at radius 3 is 2.88 bits per heavy atom. The Morgan fingerprint density at radius 1 is 1.38 bits per heavy atom.